The van der Waals surface area contributed by atoms with Gasteiger partial charge in [0.15, 0.2) is 0 Å². The van der Waals surface area contributed by atoms with Crippen LogP contribution in [0.3, 0.4) is 0 Å². The maximum absolute atomic E-state index is 4.35. The Hall–Kier alpha value is -0.850. The number of hydrogen-bond donors (Lipinski definition) is 0. The van der Waals surface area contributed by atoms with Crippen LogP contribution >= 0.6 is 0 Å². The van der Waals surface area contributed by atoms with Crippen LogP contribution in [0.25, 0.3) is 0 Å². The highest BCUT2D eigenvalue weighted by Crippen LogP contribution is 2.31. The van der Waals surface area contributed by atoms with E-state index in [1.54, 1.807) is 0 Å². The van der Waals surface area contributed by atoms with E-state index in [-0.39, 0.29) is 5.41 Å². The molecule has 0 atom stereocenters. The first-order chi connectivity index (χ1) is 6.43. The van der Waals surface area contributed by atoms with Crippen LogP contribution in [0.1, 0.15) is 45.4 Å². The van der Waals surface area contributed by atoms with E-state index in [1.807, 2.05) is 12.3 Å². The zero-order valence-corrected chi connectivity index (χ0v) is 9.96. The van der Waals surface area contributed by atoms with Crippen molar-refractivity contribution < 1.29 is 0 Å². The third-order valence-electron chi connectivity index (χ3n) is 2.65. The lowest BCUT2D eigenvalue weighted by Gasteiger charge is -2.28. The molecule has 0 spiro atoms. The number of aryl methyl sites for hydroxylation is 1. The molecule has 0 saturated carbocycles. The van der Waals surface area contributed by atoms with Crippen molar-refractivity contribution in [1.29, 1.82) is 0 Å². The highest BCUT2D eigenvalue weighted by Gasteiger charge is 2.23. The van der Waals surface area contributed by atoms with Crippen LogP contribution in [0, 0.1) is 12.8 Å². The van der Waals surface area contributed by atoms with Crippen molar-refractivity contribution >= 4 is 0 Å². The van der Waals surface area contributed by atoms with Gasteiger partial charge in [-0.2, -0.15) is 0 Å². The van der Waals surface area contributed by atoms with Gasteiger partial charge in [-0.05, 0) is 36.3 Å². The van der Waals surface area contributed by atoms with Crippen molar-refractivity contribution in [2.75, 3.05) is 0 Å². The Morgan fingerprint density at radius 1 is 1.36 bits per heavy atom. The summed E-state index contributed by atoms with van der Waals surface area (Å²) in [6, 6.07) is 4.23. The Kier molecular flexibility index (Phi) is 3.30. The summed E-state index contributed by atoms with van der Waals surface area (Å²) in [5.74, 6) is 0.726. The van der Waals surface area contributed by atoms with Crippen LogP contribution in [-0.2, 0) is 5.41 Å². The number of aromatic nitrogens is 1. The summed E-state index contributed by atoms with van der Waals surface area (Å²) in [5, 5.41) is 0. The van der Waals surface area contributed by atoms with E-state index in [1.165, 1.54) is 12.0 Å². The SMILES string of the molecule is Cc1ncccc1C(C)(C)CC(C)C. The molecule has 1 heteroatoms. The molecule has 0 N–H and O–H groups in total. The van der Waals surface area contributed by atoms with Crippen molar-refractivity contribution in [1.82, 2.24) is 4.98 Å². The van der Waals surface area contributed by atoms with E-state index in [9.17, 15) is 0 Å². The monoisotopic (exact) mass is 191 g/mol. The van der Waals surface area contributed by atoms with Crippen LogP contribution in [0.4, 0.5) is 0 Å². The molecule has 0 aliphatic heterocycles. The Bertz CT molecular complexity index is 300. The molecular weight excluding hydrogens is 170 g/mol. The van der Waals surface area contributed by atoms with E-state index in [0.717, 1.165) is 11.6 Å². The molecule has 0 aliphatic carbocycles. The molecule has 0 bridgehead atoms. The molecule has 0 amide bonds. The topological polar surface area (TPSA) is 12.9 Å². The molecule has 0 unspecified atom stereocenters. The third-order valence-corrected chi connectivity index (χ3v) is 2.65. The van der Waals surface area contributed by atoms with Crippen molar-refractivity contribution in [2.45, 2.75) is 46.5 Å². The molecule has 1 rings (SSSR count). The molecule has 1 aromatic heterocycles. The Balaban J connectivity index is 2.97. The maximum atomic E-state index is 4.35. The van der Waals surface area contributed by atoms with Gasteiger partial charge >= 0.3 is 0 Å². The summed E-state index contributed by atoms with van der Waals surface area (Å²) in [5.41, 5.74) is 2.79. The lowest BCUT2D eigenvalue weighted by Crippen LogP contribution is -2.21. The van der Waals surface area contributed by atoms with Crippen molar-refractivity contribution in [3.05, 3.63) is 29.6 Å². The normalized spacial score (nSPS) is 12.1. The van der Waals surface area contributed by atoms with Gasteiger partial charge in [0.2, 0.25) is 0 Å². The summed E-state index contributed by atoms with van der Waals surface area (Å²) in [7, 11) is 0. The first-order valence-electron chi connectivity index (χ1n) is 5.35. The number of pyridine rings is 1. The average Bonchev–Trinajstić information content (AvgIpc) is 2.02. The molecule has 1 heterocycles. The lowest BCUT2D eigenvalue weighted by atomic mass is 9.77. The minimum absolute atomic E-state index is 0.243. The summed E-state index contributed by atoms with van der Waals surface area (Å²) < 4.78 is 0. The fraction of sp³-hybridized carbons (Fsp3) is 0.615. The van der Waals surface area contributed by atoms with Crippen LogP contribution in [0.15, 0.2) is 18.3 Å². The van der Waals surface area contributed by atoms with Gasteiger partial charge in [0.1, 0.15) is 0 Å². The fourth-order valence-electron chi connectivity index (χ4n) is 2.33. The highest BCUT2D eigenvalue weighted by atomic mass is 14.7. The van der Waals surface area contributed by atoms with Gasteiger partial charge in [-0.1, -0.05) is 33.8 Å². The van der Waals surface area contributed by atoms with E-state index >= 15 is 0 Å². The minimum atomic E-state index is 0.243. The van der Waals surface area contributed by atoms with Crippen LogP contribution in [0.2, 0.25) is 0 Å². The fourth-order valence-corrected chi connectivity index (χ4v) is 2.33. The van der Waals surface area contributed by atoms with Crippen molar-refractivity contribution in [2.24, 2.45) is 5.92 Å². The molecule has 1 aromatic rings. The molecule has 0 fully saturated rings. The quantitative estimate of drug-likeness (QED) is 0.709. The van der Waals surface area contributed by atoms with Gasteiger partial charge in [0, 0.05) is 11.9 Å². The average molecular weight is 191 g/mol. The zero-order valence-electron chi connectivity index (χ0n) is 9.96. The largest absolute Gasteiger partial charge is 0.261 e. The first kappa shape index (κ1) is 11.2. The summed E-state index contributed by atoms with van der Waals surface area (Å²) >= 11 is 0. The second-order valence-corrected chi connectivity index (χ2v) is 5.12. The molecule has 0 aliphatic rings. The number of rotatable bonds is 3. The van der Waals surface area contributed by atoms with Gasteiger partial charge in [-0.3, -0.25) is 4.98 Å². The van der Waals surface area contributed by atoms with Crippen LogP contribution in [-0.4, -0.2) is 4.98 Å². The van der Waals surface area contributed by atoms with Gasteiger partial charge in [0.05, 0.1) is 0 Å². The second kappa shape index (κ2) is 4.12. The molecule has 1 nitrogen and oxygen atoms in total. The smallest absolute Gasteiger partial charge is 0.0410 e. The van der Waals surface area contributed by atoms with Gasteiger partial charge < -0.3 is 0 Å². The molecular formula is C13H21N. The van der Waals surface area contributed by atoms with Crippen molar-refractivity contribution in [3.63, 3.8) is 0 Å². The summed E-state index contributed by atoms with van der Waals surface area (Å²) in [6.45, 7) is 11.2. The lowest BCUT2D eigenvalue weighted by molar-refractivity contribution is 0.397. The molecule has 0 radical (unpaired) electrons. The molecule has 0 saturated heterocycles. The van der Waals surface area contributed by atoms with E-state index in [0.29, 0.717) is 0 Å². The Morgan fingerprint density at radius 2 is 2.00 bits per heavy atom. The van der Waals surface area contributed by atoms with Gasteiger partial charge in [-0.15, -0.1) is 0 Å². The van der Waals surface area contributed by atoms with Gasteiger partial charge in [0.25, 0.3) is 0 Å². The van der Waals surface area contributed by atoms with Crippen molar-refractivity contribution in [3.8, 4) is 0 Å². The highest BCUT2D eigenvalue weighted by molar-refractivity contribution is 5.26. The number of nitrogens with zero attached hydrogens (tertiary/aromatic N) is 1. The van der Waals surface area contributed by atoms with Crippen LogP contribution in [0.5, 0.6) is 0 Å². The molecule has 78 valence electrons. The Morgan fingerprint density at radius 3 is 2.50 bits per heavy atom. The summed E-state index contributed by atoms with van der Waals surface area (Å²) in [6.07, 6.45) is 3.07. The molecule has 14 heavy (non-hydrogen) atoms. The van der Waals surface area contributed by atoms with E-state index in [4.69, 9.17) is 0 Å². The maximum Gasteiger partial charge on any atom is 0.0410 e. The van der Waals surface area contributed by atoms with Gasteiger partial charge in [-0.25, -0.2) is 0 Å². The predicted molar refractivity (Wildman–Crippen MR) is 61.5 cm³/mol. The number of hydrogen-bond acceptors (Lipinski definition) is 1. The molecule has 0 aromatic carbocycles. The predicted octanol–water partition coefficient (Wildman–Crippen LogP) is 3.71. The zero-order chi connectivity index (χ0) is 10.8. The minimum Gasteiger partial charge on any atom is -0.261 e. The first-order valence-corrected chi connectivity index (χ1v) is 5.35. The second-order valence-electron chi connectivity index (χ2n) is 5.12. The van der Waals surface area contributed by atoms with E-state index < -0.39 is 0 Å². The summed E-state index contributed by atoms with van der Waals surface area (Å²) in [4.78, 5) is 4.35. The van der Waals surface area contributed by atoms with E-state index in [2.05, 4.69) is 45.7 Å². The van der Waals surface area contributed by atoms with Crippen LogP contribution < -0.4 is 0 Å². The standard InChI is InChI=1S/C13H21N/c1-10(2)9-13(4,5)12-7-6-8-14-11(12)3/h6-8,10H,9H2,1-5H3. The third kappa shape index (κ3) is 2.57. The Labute approximate surface area is 87.6 Å².